The standard InChI is InChI=1S/C20H27NO5/c1-21(14-18(22)23)12-11-17(13-21)26-19(24)20(25,16-9-5-6-10-16)15-7-3-2-4-8-15/h2-4,7-8,16-17,25H,5-6,9-14H2,1H3/p+1/t17?,20-,21?/m0/s1. The average Bonchev–Trinajstić information content (AvgIpc) is 3.25. The van der Waals surface area contributed by atoms with E-state index in [9.17, 15) is 14.7 Å². The third-order valence-corrected chi connectivity index (χ3v) is 5.90. The van der Waals surface area contributed by atoms with Crippen LogP contribution < -0.4 is 0 Å². The van der Waals surface area contributed by atoms with Gasteiger partial charge in [-0.15, -0.1) is 0 Å². The van der Waals surface area contributed by atoms with E-state index in [1.807, 2.05) is 25.2 Å². The van der Waals surface area contributed by atoms with Crippen molar-refractivity contribution < 1.29 is 29.0 Å². The molecule has 2 N–H and O–H groups in total. The number of quaternary nitrogens is 1. The molecule has 0 amide bonds. The number of likely N-dealkylation sites (tertiary alicyclic amines) is 1. The van der Waals surface area contributed by atoms with Gasteiger partial charge in [0.2, 0.25) is 0 Å². The molecule has 6 heteroatoms. The van der Waals surface area contributed by atoms with Crippen molar-refractivity contribution >= 4 is 11.9 Å². The van der Waals surface area contributed by atoms with Gasteiger partial charge < -0.3 is 19.4 Å². The summed E-state index contributed by atoms with van der Waals surface area (Å²) in [6.45, 7) is 1.13. The first kappa shape index (κ1) is 18.9. The maximum atomic E-state index is 13.0. The molecule has 0 radical (unpaired) electrons. The van der Waals surface area contributed by atoms with Crippen molar-refractivity contribution in [1.29, 1.82) is 0 Å². The molecule has 1 heterocycles. The summed E-state index contributed by atoms with van der Waals surface area (Å²) in [5, 5.41) is 20.5. The van der Waals surface area contributed by atoms with Crippen molar-refractivity contribution in [2.24, 2.45) is 5.92 Å². The number of nitrogens with zero attached hydrogens (tertiary/aromatic N) is 1. The number of ether oxygens (including phenoxy) is 1. The number of rotatable bonds is 6. The van der Waals surface area contributed by atoms with E-state index in [1.165, 1.54) is 0 Å². The summed E-state index contributed by atoms with van der Waals surface area (Å²) in [5.74, 6) is -1.59. The van der Waals surface area contributed by atoms with Gasteiger partial charge >= 0.3 is 11.9 Å². The molecule has 26 heavy (non-hydrogen) atoms. The molecule has 1 saturated heterocycles. The zero-order valence-corrected chi connectivity index (χ0v) is 15.3. The monoisotopic (exact) mass is 362 g/mol. The van der Waals surface area contributed by atoms with Crippen LogP contribution in [0.4, 0.5) is 0 Å². The fourth-order valence-electron chi connectivity index (χ4n) is 4.49. The van der Waals surface area contributed by atoms with Crippen molar-refractivity contribution in [2.45, 2.75) is 43.8 Å². The lowest BCUT2D eigenvalue weighted by Gasteiger charge is -2.33. The van der Waals surface area contributed by atoms with Gasteiger partial charge in [-0.1, -0.05) is 43.2 Å². The Hall–Kier alpha value is -1.92. The van der Waals surface area contributed by atoms with Crippen molar-refractivity contribution in [3.63, 3.8) is 0 Å². The molecule has 0 spiro atoms. The highest BCUT2D eigenvalue weighted by atomic mass is 16.6. The van der Waals surface area contributed by atoms with E-state index < -0.39 is 17.5 Å². The molecule has 0 bridgehead atoms. The molecule has 1 aromatic rings. The van der Waals surface area contributed by atoms with Crippen LogP contribution in [0.2, 0.25) is 0 Å². The second-order valence-corrected chi connectivity index (χ2v) is 8.01. The lowest BCUT2D eigenvalue weighted by molar-refractivity contribution is -0.891. The summed E-state index contributed by atoms with van der Waals surface area (Å²) in [6, 6.07) is 9.05. The van der Waals surface area contributed by atoms with Gasteiger partial charge in [-0.2, -0.15) is 0 Å². The zero-order valence-electron chi connectivity index (χ0n) is 15.3. The molecule has 142 valence electrons. The summed E-state index contributed by atoms with van der Waals surface area (Å²) in [4.78, 5) is 24.1. The highest BCUT2D eigenvalue weighted by Crippen LogP contribution is 2.42. The maximum Gasteiger partial charge on any atom is 0.359 e. The summed E-state index contributed by atoms with van der Waals surface area (Å²) in [7, 11) is 1.86. The second-order valence-electron chi connectivity index (χ2n) is 8.01. The van der Waals surface area contributed by atoms with Crippen LogP contribution in [0, 0.1) is 5.92 Å². The van der Waals surface area contributed by atoms with Gasteiger partial charge in [0.05, 0.1) is 13.6 Å². The molecule has 1 aliphatic carbocycles. The van der Waals surface area contributed by atoms with Crippen LogP contribution in [0.15, 0.2) is 30.3 Å². The number of hydrogen-bond donors (Lipinski definition) is 2. The molecule has 6 nitrogen and oxygen atoms in total. The minimum atomic E-state index is -1.63. The molecule has 3 atom stereocenters. The zero-order chi connectivity index (χ0) is 18.8. The van der Waals surface area contributed by atoms with E-state index in [0.29, 0.717) is 29.6 Å². The van der Waals surface area contributed by atoms with Gasteiger partial charge in [0.25, 0.3) is 0 Å². The van der Waals surface area contributed by atoms with Crippen LogP contribution in [0.5, 0.6) is 0 Å². The van der Waals surface area contributed by atoms with E-state index in [2.05, 4.69) is 0 Å². The van der Waals surface area contributed by atoms with Crippen molar-refractivity contribution in [3.8, 4) is 0 Å². The van der Waals surface area contributed by atoms with Crippen molar-refractivity contribution in [3.05, 3.63) is 35.9 Å². The number of aliphatic hydroxyl groups is 1. The number of carbonyl (C=O) groups is 2. The molecular weight excluding hydrogens is 334 g/mol. The predicted molar refractivity (Wildman–Crippen MR) is 95.2 cm³/mol. The SMILES string of the molecule is C[N+]1(CC(=O)O)CCC(OC(=O)[C@](O)(c2ccccc2)C2CCCC2)C1. The number of carboxylic acid groups (broad SMARTS) is 1. The Morgan fingerprint density at radius 2 is 1.85 bits per heavy atom. The molecule has 1 aliphatic heterocycles. The van der Waals surface area contributed by atoms with E-state index in [-0.39, 0.29) is 18.6 Å². The Kier molecular flexibility index (Phi) is 5.34. The Morgan fingerprint density at radius 1 is 1.19 bits per heavy atom. The number of esters is 1. The topological polar surface area (TPSA) is 83.8 Å². The normalized spacial score (nSPS) is 28.6. The fourth-order valence-corrected chi connectivity index (χ4v) is 4.49. The largest absolute Gasteiger partial charge is 0.477 e. The third-order valence-electron chi connectivity index (χ3n) is 5.90. The molecule has 2 aliphatic rings. The third kappa shape index (κ3) is 3.76. The van der Waals surface area contributed by atoms with Crippen LogP contribution >= 0.6 is 0 Å². The molecule has 3 rings (SSSR count). The molecule has 0 aromatic heterocycles. The Morgan fingerprint density at radius 3 is 2.46 bits per heavy atom. The highest BCUT2D eigenvalue weighted by molar-refractivity contribution is 5.81. The van der Waals surface area contributed by atoms with Gasteiger partial charge in [0.1, 0.15) is 6.54 Å². The minimum Gasteiger partial charge on any atom is -0.477 e. The van der Waals surface area contributed by atoms with E-state index in [1.54, 1.807) is 12.1 Å². The Balaban J connectivity index is 1.76. The first-order chi connectivity index (χ1) is 12.3. The number of aliphatic carboxylic acids is 1. The summed E-state index contributed by atoms with van der Waals surface area (Å²) in [6.07, 6.45) is 3.87. The van der Waals surface area contributed by atoms with Crippen LogP contribution in [0.3, 0.4) is 0 Å². The van der Waals surface area contributed by atoms with Crippen LogP contribution in [0.1, 0.15) is 37.7 Å². The Bertz CT molecular complexity index is 657. The van der Waals surface area contributed by atoms with E-state index in [0.717, 1.165) is 25.7 Å². The number of benzene rings is 1. The molecule has 1 saturated carbocycles. The average molecular weight is 362 g/mol. The quantitative estimate of drug-likeness (QED) is 0.597. The minimum absolute atomic E-state index is 0.0135. The lowest BCUT2D eigenvalue weighted by Crippen LogP contribution is -2.48. The molecular formula is C20H28NO5+. The van der Waals surface area contributed by atoms with Crippen LogP contribution in [0.25, 0.3) is 0 Å². The number of hydrogen-bond acceptors (Lipinski definition) is 4. The Labute approximate surface area is 154 Å². The molecule has 2 fully saturated rings. The van der Waals surface area contributed by atoms with Gasteiger partial charge in [-0.3, -0.25) is 0 Å². The first-order valence-corrected chi connectivity index (χ1v) is 9.38. The predicted octanol–water partition coefficient (Wildman–Crippen LogP) is 1.91. The van der Waals surface area contributed by atoms with Gasteiger partial charge in [0, 0.05) is 12.3 Å². The van der Waals surface area contributed by atoms with Crippen LogP contribution in [-0.2, 0) is 19.9 Å². The maximum absolute atomic E-state index is 13.0. The number of carboxylic acids is 1. The van der Waals surface area contributed by atoms with Crippen LogP contribution in [-0.4, -0.2) is 59.4 Å². The van der Waals surface area contributed by atoms with E-state index in [4.69, 9.17) is 9.84 Å². The fraction of sp³-hybridized carbons (Fsp3) is 0.600. The van der Waals surface area contributed by atoms with Gasteiger partial charge in [-0.05, 0) is 18.4 Å². The summed E-state index contributed by atoms with van der Waals surface area (Å²) >= 11 is 0. The number of carbonyl (C=O) groups excluding carboxylic acids is 1. The van der Waals surface area contributed by atoms with Crippen molar-refractivity contribution in [2.75, 3.05) is 26.7 Å². The second kappa shape index (κ2) is 7.37. The molecule has 1 aromatic carbocycles. The number of likely N-dealkylation sites (N-methyl/N-ethyl adjacent to an activating group) is 1. The first-order valence-electron chi connectivity index (χ1n) is 9.38. The molecule has 2 unspecified atom stereocenters. The summed E-state index contributed by atoms with van der Waals surface area (Å²) in [5.41, 5.74) is -1.05. The van der Waals surface area contributed by atoms with Crippen molar-refractivity contribution in [1.82, 2.24) is 0 Å². The lowest BCUT2D eigenvalue weighted by atomic mass is 9.80. The van der Waals surface area contributed by atoms with Gasteiger partial charge in [-0.25, -0.2) is 9.59 Å². The highest BCUT2D eigenvalue weighted by Gasteiger charge is 2.49. The van der Waals surface area contributed by atoms with Gasteiger partial charge in [0.15, 0.2) is 18.2 Å². The van der Waals surface area contributed by atoms with E-state index >= 15 is 0 Å². The smallest absolute Gasteiger partial charge is 0.359 e. The summed E-state index contributed by atoms with van der Waals surface area (Å²) < 4.78 is 6.07.